The highest BCUT2D eigenvalue weighted by Gasteiger charge is 2.18. The topological polar surface area (TPSA) is 69.5 Å². The van der Waals surface area contributed by atoms with E-state index in [4.69, 9.17) is 0 Å². The molecule has 2 atom stereocenters. The van der Waals surface area contributed by atoms with Crippen molar-refractivity contribution in [1.29, 1.82) is 0 Å². The van der Waals surface area contributed by atoms with Crippen LogP contribution in [-0.4, -0.2) is 59.0 Å². The van der Waals surface area contributed by atoms with Crippen LogP contribution in [0.1, 0.15) is 119 Å². The second-order valence-electron chi connectivity index (χ2n) is 8.08. The van der Waals surface area contributed by atoms with Crippen LogP contribution in [0.3, 0.4) is 0 Å². The maximum absolute atomic E-state index is 2.61. The summed E-state index contributed by atoms with van der Waals surface area (Å²) < 4.78 is 0. The van der Waals surface area contributed by atoms with Crippen molar-refractivity contribution in [2.75, 3.05) is 26.2 Å². The van der Waals surface area contributed by atoms with Crippen LogP contribution in [0, 0.1) is 0 Å². The third-order valence-electron chi connectivity index (χ3n) is 6.21. The maximum Gasteiger partial charge on any atom is 0.00925 e. The second-order valence-corrected chi connectivity index (χ2v) is 8.08. The molecule has 0 aromatic rings. The molecule has 2 fully saturated rings. The van der Waals surface area contributed by atoms with E-state index in [0.29, 0.717) is 0 Å². The molecule has 0 amide bonds. The molecule has 2 saturated heterocycles. The number of unbranched alkanes of at least 4 members (excludes halogenated alkanes) is 3. The highest BCUT2D eigenvalue weighted by Crippen LogP contribution is 2.19. The summed E-state index contributed by atoms with van der Waals surface area (Å²) in [6.07, 6.45) is 16.8. The number of hydrogen-bond donors (Lipinski definition) is 0. The molecular weight excluding hydrogens is 348 g/mol. The van der Waals surface area contributed by atoms with Crippen LogP contribution in [0.15, 0.2) is 0 Å². The normalized spacial score (nSPS) is 22.5. The van der Waals surface area contributed by atoms with Gasteiger partial charge in [-0.15, -0.1) is 0 Å². The van der Waals surface area contributed by atoms with Crippen LogP contribution in [-0.2, 0) is 0 Å². The summed E-state index contributed by atoms with van der Waals surface area (Å²) in [5.41, 5.74) is 0. The van der Waals surface area contributed by atoms with Gasteiger partial charge >= 0.3 is 0 Å². The molecule has 2 aliphatic heterocycles. The third kappa shape index (κ3) is 14.8. The Kier molecular flexibility index (Phi) is 26.8. The Morgan fingerprint density at radius 2 is 0.929 bits per heavy atom. The van der Waals surface area contributed by atoms with E-state index in [0.717, 1.165) is 12.1 Å². The summed E-state index contributed by atoms with van der Waals surface area (Å²) in [6, 6.07) is 1.80. The van der Waals surface area contributed by atoms with Crippen LogP contribution in [0.4, 0.5) is 0 Å². The second kappa shape index (κ2) is 23.1. The standard InChI is InChI=1S/2C9H19N.C6H14.2H2O/c2*1-3-9-7-5-6-8-10(9)4-2;1-3-5-6-4-2;;/h2*9H,3-8H2,1-2H3;3-6H2,1-2H3;2*1H2. The highest BCUT2D eigenvalue weighted by molar-refractivity contribution is 4.74. The molecule has 4 nitrogen and oxygen atoms in total. The molecule has 2 aliphatic rings. The Hall–Kier alpha value is -0.160. The van der Waals surface area contributed by atoms with Crippen molar-refractivity contribution in [1.82, 2.24) is 9.80 Å². The molecule has 4 N–H and O–H groups in total. The zero-order chi connectivity index (χ0) is 19.6. The van der Waals surface area contributed by atoms with Gasteiger partial charge in [0.05, 0.1) is 0 Å². The molecule has 0 aliphatic carbocycles. The van der Waals surface area contributed by atoms with E-state index in [-0.39, 0.29) is 11.0 Å². The molecule has 2 rings (SSSR count). The monoisotopic (exact) mass is 404 g/mol. The smallest absolute Gasteiger partial charge is 0.00925 e. The van der Waals surface area contributed by atoms with Crippen molar-refractivity contribution in [2.24, 2.45) is 0 Å². The Morgan fingerprint density at radius 1 is 0.571 bits per heavy atom. The first kappa shape index (κ1) is 32.5. The predicted molar refractivity (Wildman–Crippen MR) is 127 cm³/mol. The zero-order valence-electron chi connectivity index (χ0n) is 20.4. The fraction of sp³-hybridized carbons (Fsp3) is 1.00. The van der Waals surface area contributed by atoms with Crippen molar-refractivity contribution < 1.29 is 11.0 Å². The van der Waals surface area contributed by atoms with Crippen molar-refractivity contribution >= 4 is 0 Å². The Labute approximate surface area is 178 Å². The number of hydrogen-bond acceptors (Lipinski definition) is 2. The summed E-state index contributed by atoms with van der Waals surface area (Å²) in [4.78, 5) is 5.23. The highest BCUT2D eigenvalue weighted by atomic mass is 16.0. The van der Waals surface area contributed by atoms with Gasteiger partial charge in [0, 0.05) is 12.1 Å². The van der Waals surface area contributed by atoms with E-state index in [2.05, 4.69) is 51.3 Å². The average Bonchev–Trinajstić information content (AvgIpc) is 2.72. The lowest BCUT2D eigenvalue weighted by molar-refractivity contribution is 0.152. The van der Waals surface area contributed by atoms with Gasteiger partial charge in [0.25, 0.3) is 0 Å². The van der Waals surface area contributed by atoms with Gasteiger partial charge in [-0.3, -0.25) is 0 Å². The molecule has 2 heterocycles. The molecule has 0 bridgehead atoms. The lowest BCUT2D eigenvalue weighted by atomic mass is 10.0. The number of nitrogens with zero attached hydrogens (tertiary/aromatic N) is 2. The molecule has 0 aromatic heterocycles. The van der Waals surface area contributed by atoms with Crippen LogP contribution < -0.4 is 0 Å². The van der Waals surface area contributed by atoms with Crippen molar-refractivity contribution in [3.8, 4) is 0 Å². The number of likely N-dealkylation sites (tertiary alicyclic amines) is 2. The fourth-order valence-corrected chi connectivity index (χ4v) is 4.38. The van der Waals surface area contributed by atoms with Gasteiger partial charge in [0.15, 0.2) is 0 Å². The van der Waals surface area contributed by atoms with E-state index >= 15 is 0 Å². The Balaban J connectivity index is -0.000000335. The minimum absolute atomic E-state index is 0. The van der Waals surface area contributed by atoms with Gasteiger partial charge in [-0.25, -0.2) is 0 Å². The molecule has 0 aromatic carbocycles. The van der Waals surface area contributed by atoms with Crippen LogP contribution >= 0.6 is 0 Å². The minimum Gasteiger partial charge on any atom is -0.412 e. The zero-order valence-corrected chi connectivity index (χ0v) is 20.4. The molecular formula is C24H56N2O2. The van der Waals surface area contributed by atoms with E-state index in [1.807, 2.05) is 0 Å². The molecule has 0 radical (unpaired) electrons. The lowest BCUT2D eigenvalue weighted by Gasteiger charge is -2.34. The van der Waals surface area contributed by atoms with Crippen molar-refractivity contribution in [3.63, 3.8) is 0 Å². The van der Waals surface area contributed by atoms with Gasteiger partial charge in [0.1, 0.15) is 0 Å². The SMILES string of the molecule is CCC1CCCCN1CC.CCC1CCCCN1CC.CCCCCC.O.O. The summed E-state index contributed by atoms with van der Waals surface area (Å²) in [5.74, 6) is 0. The lowest BCUT2D eigenvalue weighted by Crippen LogP contribution is -2.38. The van der Waals surface area contributed by atoms with E-state index < -0.39 is 0 Å². The van der Waals surface area contributed by atoms with Crippen molar-refractivity contribution in [2.45, 2.75) is 131 Å². The maximum atomic E-state index is 2.61. The van der Waals surface area contributed by atoms with Gasteiger partial charge in [-0.2, -0.15) is 0 Å². The fourth-order valence-electron chi connectivity index (χ4n) is 4.38. The van der Waals surface area contributed by atoms with Gasteiger partial charge < -0.3 is 20.8 Å². The third-order valence-corrected chi connectivity index (χ3v) is 6.21. The predicted octanol–water partition coefficient (Wildman–Crippen LogP) is 5.48. The van der Waals surface area contributed by atoms with Gasteiger partial charge in [-0.1, -0.05) is 80.1 Å². The summed E-state index contributed by atoms with van der Waals surface area (Å²) >= 11 is 0. The van der Waals surface area contributed by atoms with Gasteiger partial charge in [-0.05, 0) is 64.7 Å². The molecule has 28 heavy (non-hydrogen) atoms. The Morgan fingerprint density at radius 3 is 1.14 bits per heavy atom. The molecule has 174 valence electrons. The van der Waals surface area contributed by atoms with Gasteiger partial charge in [0.2, 0.25) is 0 Å². The number of piperidine rings is 2. The average molecular weight is 405 g/mol. The molecule has 0 saturated carbocycles. The summed E-state index contributed by atoms with van der Waals surface area (Å²) in [5, 5.41) is 0. The van der Waals surface area contributed by atoms with E-state index in [1.165, 1.54) is 103 Å². The molecule has 4 heteroatoms. The Bertz CT molecular complexity index is 238. The largest absolute Gasteiger partial charge is 0.412 e. The van der Waals surface area contributed by atoms with Crippen LogP contribution in [0.25, 0.3) is 0 Å². The minimum atomic E-state index is 0. The first-order valence-electron chi connectivity index (χ1n) is 12.2. The van der Waals surface area contributed by atoms with Crippen LogP contribution in [0.5, 0.6) is 0 Å². The van der Waals surface area contributed by atoms with Crippen molar-refractivity contribution in [3.05, 3.63) is 0 Å². The first-order chi connectivity index (χ1) is 12.7. The van der Waals surface area contributed by atoms with E-state index in [9.17, 15) is 0 Å². The summed E-state index contributed by atoms with van der Waals surface area (Å²) in [6.45, 7) is 18.8. The quantitative estimate of drug-likeness (QED) is 0.527. The molecule has 0 spiro atoms. The summed E-state index contributed by atoms with van der Waals surface area (Å²) in [7, 11) is 0. The molecule has 2 unspecified atom stereocenters. The number of rotatable bonds is 7. The first-order valence-corrected chi connectivity index (χ1v) is 12.2. The van der Waals surface area contributed by atoms with E-state index in [1.54, 1.807) is 0 Å². The van der Waals surface area contributed by atoms with Crippen LogP contribution in [0.2, 0.25) is 0 Å².